The van der Waals surface area contributed by atoms with E-state index in [1.807, 2.05) is 31.2 Å². The Morgan fingerprint density at radius 2 is 1.51 bits per heavy atom. The van der Waals surface area contributed by atoms with Gasteiger partial charge in [0.05, 0.1) is 53.7 Å². The highest BCUT2D eigenvalue weighted by Crippen LogP contribution is 2.37. The lowest BCUT2D eigenvalue weighted by atomic mass is 9.92. The number of hydrogen-bond acceptors (Lipinski definition) is 13. The van der Waals surface area contributed by atoms with E-state index in [1.165, 1.54) is 6.20 Å². The van der Waals surface area contributed by atoms with Crippen molar-refractivity contribution in [3.8, 4) is 39.3 Å². The van der Waals surface area contributed by atoms with Crippen molar-refractivity contribution in [1.29, 1.82) is 5.26 Å². The zero-order valence-corrected chi connectivity index (χ0v) is 34.2. The summed E-state index contributed by atoms with van der Waals surface area (Å²) in [5, 5.41) is 54.0. The topological polar surface area (TPSA) is 216 Å². The maximum Gasteiger partial charge on any atom is 0.306 e. The number of ether oxygens (including phenoxy) is 3. The highest BCUT2D eigenvalue weighted by molar-refractivity contribution is 7.15. The monoisotopic (exact) mass is 843 g/mol. The van der Waals surface area contributed by atoms with Gasteiger partial charge in [0.25, 0.3) is 0 Å². The minimum Gasteiger partial charge on any atom is -0.488 e. The second kappa shape index (κ2) is 22.1. The van der Waals surface area contributed by atoms with Crippen LogP contribution >= 0.6 is 22.9 Å². The Morgan fingerprint density at radius 1 is 0.831 bits per heavy atom. The molecule has 310 valence electrons. The van der Waals surface area contributed by atoms with Crippen LogP contribution in [-0.4, -0.2) is 80.8 Å². The number of carbonyl (C=O) groups is 2. The Hall–Kier alpha value is -5.44. The molecule has 2 aromatic heterocycles. The summed E-state index contributed by atoms with van der Waals surface area (Å²) < 4.78 is 18.3. The van der Waals surface area contributed by atoms with E-state index in [9.17, 15) is 25.1 Å². The van der Waals surface area contributed by atoms with Crippen LogP contribution in [0, 0.1) is 25.2 Å². The highest BCUT2D eigenvalue weighted by atomic mass is 35.5. The third-order valence-corrected chi connectivity index (χ3v) is 10.5. The molecule has 2 heterocycles. The number of pyridine rings is 1. The van der Waals surface area contributed by atoms with Gasteiger partial charge in [-0.25, -0.2) is 4.98 Å². The Bertz CT molecular complexity index is 2260. The number of aliphatic hydroxyl groups excluding tert-OH is 2. The van der Waals surface area contributed by atoms with Gasteiger partial charge in [-0.15, -0.1) is 11.3 Å². The molecule has 0 amide bonds. The van der Waals surface area contributed by atoms with Crippen molar-refractivity contribution in [3.05, 3.63) is 116 Å². The van der Waals surface area contributed by atoms with Gasteiger partial charge in [0.15, 0.2) is 0 Å². The Morgan fingerprint density at radius 3 is 2.24 bits per heavy atom. The summed E-state index contributed by atoms with van der Waals surface area (Å²) in [6.45, 7) is 6.13. The van der Waals surface area contributed by atoms with E-state index >= 15 is 0 Å². The molecular formula is C43H46ClN5O9S. The fourth-order valence-corrected chi connectivity index (χ4v) is 7.37. The summed E-state index contributed by atoms with van der Waals surface area (Å²) in [5.74, 6) is -1.31. The predicted octanol–water partition coefficient (Wildman–Crippen LogP) is 6.04. The SMILES string of the molecule is Cc1c(COc2cc(OCc3cncc(C#N)c3)c(CNC[C@@H](O)CC(=O)O)cc2Cl)cccc1-c1cccc(-c2ncc(COCCNC[C@@H](O)CC(=O)O)s2)c1C. The lowest BCUT2D eigenvalue weighted by Crippen LogP contribution is -2.30. The van der Waals surface area contributed by atoms with Crippen LogP contribution in [0.5, 0.6) is 11.5 Å². The number of nitrogens with zero attached hydrogens (tertiary/aromatic N) is 3. The van der Waals surface area contributed by atoms with Crippen molar-refractivity contribution in [1.82, 2.24) is 20.6 Å². The molecule has 59 heavy (non-hydrogen) atoms. The van der Waals surface area contributed by atoms with Crippen LogP contribution in [0.4, 0.5) is 0 Å². The predicted molar refractivity (Wildman–Crippen MR) is 222 cm³/mol. The summed E-state index contributed by atoms with van der Waals surface area (Å²) >= 11 is 8.30. The van der Waals surface area contributed by atoms with Gasteiger partial charge in [-0.2, -0.15) is 5.26 Å². The average Bonchev–Trinajstić information content (AvgIpc) is 3.67. The Kier molecular flexibility index (Phi) is 16.7. The summed E-state index contributed by atoms with van der Waals surface area (Å²) in [6, 6.07) is 19.4. The van der Waals surface area contributed by atoms with E-state index in [0.717, 1.165) is 43.3 Å². The molecule has 6 N–H and O–H groups in total. The zero-order chi connectivity index (χ0) is 42.3. The number of halogens is 1. The van der Waals surface area contributed by atoms with Gasteiger partial charge < -0.3 is 45.3 Å². The maximum absolute atomic E-state index is 11.0. The molecule has 2 atom stereocenters. The number of rotatable bonds is 23. The van der Waals surface area contributed by atoms with Gasteiger partial charge >= 0.3 is 11.9 Å². The van der Waals surface area contributed by atoms with Crippen molar-refractivity contribution in [3.63, 3.8) is 0 Å². The van der Waals surface area contributed by atoms with Gasteiger partial charge in [-0.05, 0) is 53.8 Å². The molecule has 0 fully saturated rings. The number of carboxylic acids is 2. The number of aromatic nitrogens is 2. The first kappa shape index (κ1) is 44.7. The number of carboxylic acid groups (broad SMARTS) is 2. The molecule has 5 aromatic rings. The number of benzene rings is 3. The minimum absolute atomic E-state index is 0.0418. The summed E-state index contributed by atoms with van der Waals surface area (Å²) in [4.78, 5) is 31.4. The molecule has 0 aliphatic heterocycles. The first-order chi connectivity index (χ1) is 28.4. The summed E-state index contributed by atoms with van der Waals surface area (Å²) in [5.41, 5.74) is 7.89. The minimum atomic E-state index is -1.10. The number of nitrogens with one attached hydrogen (secondary N) is 2. The van der Waals surface area contributed by atoms with Crippen LogP contribution in [0.1, 0.15) is 51.1 Å². The van der Waals surface area contributed by atoms with Crippen LogP contribution in [-0.2, 0) is 40.7 Å². The third-order valence-electron chi connectivity index (χ3n) is 9.23. The van der Waals surface area contributed by atoms with Crippen molar-refractivity contribution in [2.24, 2.45) is 0 Å². The van der Waals surface area contributed by atoms with Gasteiger partial charge in [0.2, 0.25) is 0 Å². The fourth-order valence-electron chi connectivity index (χ4n) is 6.20. The molecule has 0 bridgehead atoms. The van der Waals surface area contributed by atoms with Crippen LogP contribution in [0.3, 0.4) is 0 Å². The molecular weight excluding hydrogens is 798 g/mol. The lowest BCUT2D eigenvalue weighted by molar-refractivity contribution is -0.140. The molecule has 0 radical (unpaired) electrons. The lowest BCUT2D eigenvalue weighted by Gasteiger charge is -2.18. The molecule has 0 saturated heterocycles. The Labute approximate surface area is 351 Å². The molecule has 0 aliphatic rings. The van der Waals surface area contributed by atoms with Crippen LogP contribution in [0.2, 0.25) is 5.02 Å². The number of aliphatic hydroxyl groups is 2. The van der Waals surface area contributed by atoms with Gasteiger partial charge in [0.1, 0.15) is 35.8 Å². The molecule has 0 spiro atoms. The average molecular weight is 844 g/mol. The molecule has 5 rings (SSSR count). The smallest absolute Gasteiger partial charge is 0.306 e. The number of thiazole rings is 1. The molecule has 0 saturated carbocycles. The van der Waals surface area contributed by atoms with Crippen LogP contribution in [0.25, 0.3) is 21.7 Å². The van der Waals surface area contributed by atoms with Gasteiger partial charge in [-0.1, -0.05) is 48.0 Å². The molecule has 3 aromatic carbocycles. The van der Waals surface area contributed by atoms with E-state index in [-0.39, 0.29) is 39.3 Å². The van der Waals surface area contributed by atoms with Gasteiger partial charge in [0, 0.05) is 67.5 Å². The maximum atomic E-state index is 11.0. The van der Waals surface area contributed by atoms with E-state index in [0.29, 0.717) is 53.0 Å². The fraction of sp³-hybridized carbons (Fsp3) is 0.326. The molecule has 14 nitrogen and oxygen atoms in total. The van der Waals surface area contributed by atoms with Crippen molar-refractivity contribution in [2.45, 2.75) is 65.3 Å². The van der Waals surface area contributed by atoms with Crippen LogP contribution in [0.15, 0.2) is 73.2 Å². The van der Waals surface area contributed by atoms with Crippen molar-refractivity contribution in [2.75, 3.05) is 26.2 Å². The quantitative estimate of drug-likeness (QED) is 0.0414. The van der Waals surface area contributed by atoms with E-state index in [1.54, 1.807) is 41.9 Å². The van der Waals surface area contributed by atoms with E-state index < -0.39 is 30.6 Å². The van der Waals surface area contributed by atoms with E-state index in [4.69, 9.17) is 36.0 Å². The second-order valence-electron chi connectivity index (χ2n) is 13.8. The number of nitriles is 1. The molecule has 0 unspecified atom stereocenters. The van der Waals surface area contributed by atoms with Crippen molar-refractivity contribution < 1.29 is 44.2 Å². The first-order valence-electron chi connectivity index (χ1n) is 18.8. The standard InChI is InChI=1S/C43H46ClN5O9S/c1-26-30(24-58-40-15-39(57-23-29-11-28(16-45)17-47-18-29)31(12-38(40)44)19-48-21-33(51)14-42(54)55)5-3-6-35(26)36-7-4-8-37(27(36)2)43-49-22-34(59-43)25-56-10-9-46-20-32(50)13-41(52)53/h3-8,11-12,15,17-18,22,32-33,46,48,50-51H,9-10,13-14,19-21,23-25H2,1-2H3,(H,52,53)(H,54,55)/t32-,33-/m0/s1. The van der Waals surface area contributed by atoms with Crippen molar-refractivity contribution >= 4 is 34.9 Å². The second-order valence-corrected chi connectivity index (χ2v) is 15.3. The number of hydrogen-bond donors (Lipinski definition) is 6. The largest absolute Gasteiger partial charge is 0.488 e. The third kappa shape index (κ3) is 13.3. The normalized spacial score (nSPS) is 12.1. The van der Waals surface area contributed by atoms with Crippen LogP contribution < -0.4 is 20.1 Å². The Balaban J connectivity index is 1.27. The van der Waals surface area contributed by atoms with Gasteiger partial charge in [-0.3, -0.25) is 14.6 Å². The summed E-state index contributed by atoms with van der Waals surface area (Å²) in [6.07, 6.45) is 2.15. The number of aliphatic carboxylic acids is 2. The zero-order valence-electron chi connectivity index (χ0n) is 32.6. The van der Waals surface area contributed by atoms with E-state index in [2.05, 4.69) is 45.7 Å². The highest BCUT2D eigenvalue weighted by Gasteiger charge is 2.17. The summed E-state index contributed by atoms with van der Waals surface area (Å²) in [7, 11) is 0. The molecule has 16 heteroatoms. The first-order valence-corrected chi connectivity index (χ1v) is 20.0. The molecule has 0 aliphatic carbocycles.